The Bertz CT molecular complexity index is 446. The van der Waals surface area contributed by atoms with Gasteiger partial charge in [0.05, 0.1) is 6.04 Å². The second kappa shape index (κ2) is 7.12. The molecule has 2 rings (SSSR count). The number of rotatable bonds is 2. The first-order chi connectivity index (χ1) is 11.0. The van der Waals surface area contributed by atoms with Gasteiger partial charge in [0.15, 0.2) is 0 Å². The molecule has 140 valence electrons. The highest BCUT2D eigenvalue weighted by atomic mass is 19.3. The van der Waals surface area contributed by atoms with Crippen LogP contribution in [0.4, 0.5) is 13.6 Å². The summed E-state index contributed by atoms with van der Waals surface area (Å²) in [5, 5.41) is 0. The number of alkyl halides is 2. The summed E-state index contributed by atoms with van der Waals surface area (Å²) in [5.41, 5.74) is 5.30. The van der Waals surface area contributed by atoms with Crippen molar-refractivity contribution in [2.45, 2.75) is 82.5 Å². The number of amides is 1. The van der Waals surface area contributed by atoms with Gasteiger partial charge in [-0.15, -0.1) is 0 Å². The summed E-state index contributed by atoms with van der Waals surface area (Å²) >= 11 is 0. The van der Waals surface area contributed by atoms with Crippen molar-refractivity contribution < 1.29 is 18.3 Å². The van der Waals surface area contributed by atoms with Gasteiger partial charge < -0.3 is 15.4 Å². The smallest absolute Gasteiger partial charge is 0.410 e. The number of ether oxygens (including phenoxy) is 1. The SMILES string of the molecule is CN(C(=O)OC(C)(C)C)C1CCN([C@H]2CCCC(F)(F)[C@@H]2N)CC1. The van der Waals surface area contributed by atoms with Gasteiger partial charge in [0.2, 0.25) is 0 Å². The average Bonchev–Trinajstić information content (AvgIpc) is 2.48. The van der Waals surface area contributed by atoms with Crippen molar-refractivity contribution in [2.24, 2.45) is 5.73 Å². The molecule has 0 radical (unpaired) electrons. The van der Waals surface area contributed by atoms with Gasteiger partial charge in [-0.3, -0.25) is 4.90 Å². The van der Waals surface area contributed by atoms with Crippen LogP contribution in [-0.4, -0.2) is 65.7 Å². The van der Waals surface area contributed by atoms with Crippen molar-refractivity contribution in [1.29, 1.82) is 0 Å². The Morgan fingerprint density at radius 3 is 2.38 bits per heavy atom. The summed E-state index contributed by atoms with van der Waals surface area (Å²) in [5.74, 6) is -2.77. The molecule has 2 fully saturated rings. The molecule has 0 aromatic carbocycles. The van der Waals surface area contributed by atoms with Crippen LogP contribution in [0.3, 0.4) is 0 Å². The number of hydrogen-bond acceptors (Lipinski definition) is 4. The van der Waals surface area contributed by atoms with Gasteiger partial charge in [0.1, 0.15) is 5.60 Å². The van der Waals surface area contributed by atoms with Crippen LogP contribution < -0.4 is 5.73 Å². The molecule has 1 saturated heterocycles. The number of likely N-dealkylation sites (tertiary alicyclic amines) is 1. The molecule has 24 heavy (non-hydrogen) atoms. The van der Waals surface area contributed by atoms with Gasteiger partial charge in [-0.25, -0.2) is 13.6 Å². The lowest BCUT2D eigenvalue weighted by Crippen LogP contribution is -2.61. The first-order valence-electron chi connectivity index (χ1n) is 8.84. The second-order valence-electron chi connectivity index (χ2n) is 8.10. The highest BCUT2D eigenvalue weighted by Crippen LogP contribution is 2.35. The van der Waals surface area contributed by atoms with Crippen LogP contribution >= 0.6 is 0 Å². The normalized spacial score (nSPS) is 29.3. The van der Waals surface area contributed by atoms with E-state index in [-0.39, 0.29) is 24.6 Å². The molecule has 1 aliphatic heterocycles. The predicted octanol–water partition coefficient (Wildman–Crippen LogP) is 2.83. The van der Waals surface area contributed by atoms with E-state index >= 15 is 0 Å². The number of halogens is 2. The lowest BCUT2D eigenvalue weighted by molar-refractivity contribution is -0.0867. The molecule has 0 bridgehead atoms. The zero-order chi connectivity index (χ0) is 18.1. The third-order valence-electron chi connectivity index (χ3n) is 5.11. The minimum absolute atomic E-state index is 0.0800. The molecule has 1 aliphatic carbocycles. The number of nitrogens with two attached hydrogens (primary N) is 1. The largest absolute Gasteiger partial charge is 0.444 e. The molecule has 7 heteroatoms. The first-order valence-corrected chi connectivity index (χ1v) is 8.84. The van der Waals surface area contributed by atoms with Crippen LogP contribution in [0.25, 0.3) is 0 Å². The molecule has 0 spiro atoms. The molecule has 0 unspecified atom stereocenters. The quantitative estimate of drug-likeness (QED) is 0.834. The summed E-state index contributed by atoms with van der Waals surface area (Å²) in [6.07, 6.45) is 2.31. The lowest BCUT2D eigenvalue weighted by Gasteiger charge is -2.45. The van der Waals surface area contributed by atoms with Gasteiger partial charge in [-0.05, 0) is 46.5 Å². The Labute approximate surface area is 143 Å². The Morgan fingerprint density at radius 2 is 1.83 bits per heavy atom. The van der Waals surface area contributed by atoms with Crippen LogP contribution in [0.15, 0.2) is 0 Å². The van der Waals surface area contributed by atoms with Crippen molar-refractivity contribution in [1.82, 2.24) is 9.80 Å². The second-order valence-corrected chi connectivity index (χ2v) is 8.10. The summed E-state index contributed by atoms with van der Waals surface area (Å²) in [7, 11) is 1.74. The first kappa shape index (κ1) is 19.4. The predicted molar refractivity (Wildman–Crippen MR) is 89.2 cm³/mol. The fourth-order valence-electron chi connectivity index (χ4n) is 3.67. The Balaban J connectivity index is 1.88. The average molecular weight is 347 g/mol. The van der Waals surface area contributed by atoms with Crippen LogP contribution in [0.1, 0.15) is 52.9 Å². The van der Waals surface area contributed by atoms with Crippen LogP contribution in [0, 0.1) is 0 Å². The van der Waals surface area contributed by atoms with Gasteiger partial charge in [-0.2, -0.15) is 0 Å². The maximum atomic E-state index is 13.9. The van der Waals surface area contributed by atoms with Crippen molar-refractivity contribution in [3.05, 3.63) is 0 Å². The molecule has 1 heterocycles. The standard InChI is InChI=1S/C17H31F2N3O2/c1-16(2,3)24-15(23)21(4)12-7-10-22(11-8-12)13-6-5-9-17(18,19)14(13)20/h12-14H,5-11,20H2,1-4H3/t13-,14+/m0/s1. The highest BCUT2D eigenvalue weighted by Gasteiger charge is 2.47. The molecule has 2 N–H and O–H groups in total. The molecular formula is C17H31F2N3O2. The van der Waals surface area contributed by atoms with E-state index in [1.807, 2.05) is 20.8 Å². The number of carbonyl (C=O) groups is 1. The molecule has 1 saturated carbocycles. The highest BCUT2D eigenvalue weighted by molar-refractivity contribution is 5.68. The number of nitrogens with zero attached hydrogens (tertiary/aromatic N) is 2. The molecule has 5 nitrogen and oxygen atoms in total. The minimum atomic E-state index is -2.77. The van der Waals surface area contributed by atoms with Crippen LogP contribution in [-0.2, 0) is 4.74 Å². The number of piperidine rings is 1. The lowest BCUT2D eigenvalue weighted by atomic mass is 9.85. The third kappa shape index (κ3) is 4.57. The monoisotopic (exact) mass is 347 g/mol. The van der Waals surface area contributed by atoms with Crippen LogP contribution in [0.2, 0.25) is 0 Å². The van der Waals surface area contributed by atoms with E-state index in [9.17, 15) is 13.6 Å². The molecular weight excluding hydrogens is 316 g/mol. The summed E-state index contributed by atoms with van der Waals surface area (Å²) in [6, 6.07) is -1.27. The van der Waals surface area contributed by atoms with Crippen molar-refractivity contribution >= 4 is 6.09 Å². The Morgan fingerprint density at radius 1 is 1.25 bits per heavy atom. The van der Waals surface area contributed by atoms with E-state index < -0.39 is 17.6 Å². The summed E-state index contributed by atoms with van der Waals surface area (Å²) in [6.45, 7) is 6.89. The summed E-state index contributed by atoms with van der Waals surface area (Å²) < 4.78 is 33.1. The van der Waals surface area contributed by atoms with Gasteiger partial charge in [0, 0.05) is 38.6 Å². The Hall–Kier alpha value is -0.950. The molecule has 1 amide bonds. The van der Waals surface area contributed by atoms with Crippen molar-refractivity contribution in [2.75, 3.05) is 20.1 Å². The molecule has 0 aromatic rings. The Kier molecular flexibility index (Phi) is 5.75. The zero-order valence-corrected chi connectivity index (χ0v) is 15.2. The molecule has 2 aliphatic rings. The van der Waals surface area contributed by atoms with E-state index in [1.165, 1.54) is 0 Å². The zero-order valence-electron chi connectivity index (χ0n) is 15.2. The van der Waals surface area contributed by atoms with Gasteiger partial charge in [0.25, 0.3) is 5.92 Å². The number of carbonyl (C=O) groups excluding carboxylic acids is 1. The van der Waals surface area contributed by atoms with E-state index in [1.54, 1.807) is 11.9 Å². The van der Waals surface area contributed by atoms with Gasteiger partial charge in [-0.1, -0.05) is 0 Å². The van der Waals surface area contributed by atoms with Crippen molar-refractivity contribution in [3.8, 4) is 0 Å². The third-order valence-corrected chi connectivity index (χ3v) is 5.11. The van der Waals surface area contributed by atoms with Crippen molar-refractivity contribution in [3.63, 3.8) is 0 Å². The van der Waals surface area contributed by atoms with E-state index in [2.05, 4.69) is 4.90 Å². The fraction of sp³-hybridized carbons (Fsp3) is 0.941. The van der Waals surface area contributed by atoms with Gasteiger partial charge >= 0.3 is 6.09 Å². The molecule has 2 atom stereocenters. The van der Waals surface area contributed by atoms with E-state index in [4.69, 9.17) is 10.5 Å². The minimum Gasteiger partial charge on any atom is -0.444 e. The maximum Gasteiger partial charge on any atom is 0.410 e. The fourth-order valence-corrected chi connectivity index (χ4v) is 3.67. The summed E-state index contributed by atoms with van der Waals surface area (Å²) in [4.78, 5) is 15.9. The topological polar surface area (TPSA) is 58.8 Å². The van der Waals surface area contributed by atoms with E-state index in [0.717, 1.165) is 19.3 Å². The maximum absolute atomic E-state index is 13.9. The molecule has 0 aromatic heterocycles. The number of hydrogen-bond donors (Lipinski definition) is 1. The van der Waals surface area contributed by atoms with E-state index in [0.29, 0.717) is 19.5 Å². The van der Waals surface area contributed by atoms with Crippen LogP contribution in [0.5, 0.6) is 0 Å².